The summed E-state index contributed by atoms with van der Waals surface area (Å²) in [6.45, 7) is 0. The van der Waals surface area contributed by atoms with Gasteiger partial charge in [-0.1, -0.05) is 12.1 Å². The number of fused-ring (bicyclic) bond motifs is 1. The second kappa shape index (κ2) is 6.18. The molecule has 0 saturated heterocycles. The summed E-state index contributed by atoms with van der Waals surface area (Å²) >= 11 is 5.99. The zero-order chi connectivity index (χ0) is 16.4. The monoisotopic (exact) mass is 331 g/mol. The second-order valence-electron chi connectivity index (χ2n) is 4.66. The number of hydrogen-bond acceptors (Lipinski definition) is 6. The molecule has 0 bridgehead atoms. The number of ether oxygens (including phenoxy) is 3. The topological polar surface area (TPSA) is 79.5 Å². The Bertz CT molecular complexity index is 871. The number of nitrogens with two attached hydrogens (primary N) is 1. The minimum absolute atomic E-state index is 0.0641. The molecule has 0 amide bonds. The zero-order valence-electron chi connectivity index (χ0n) is 12.5. The van der Waals surface area contributed by atoms with Crippen LogP contribution >= 0.6 is 11.6 Å². The van der Waals surface area contributed by atoms with Gasteiger partial charge in [-0.05, 0) is 29.8 Å². The van der Waals surface area contributed by atoms with Crippen molar-refractivity contribution in [2.75, 3.05) is 20.0 Å². The van der Waals surface area contributed by atoms with Crippen LogP contribution in [0.25, 0.3) is 10.9 Å². The van der Waals surface area contributed by atoms with Crippen LogP contribution in [0.1, 0.15) is 0 Å². The molecule has 0 saturated carbocycles. The van der Waals surface area contributed by atoms with Crippen LogP contribution in [0.3, 0.4) is 0 Å². The van der Waals surface area contributed by atoms with Crippen molar-refractivity contribution in [1.82, 2.24) is 9.97 Å². The van der Waals surface area contributed by atoms with E-state index in [9.17, 15) is 0 Å². The number of benzene rings is 2. The first-order chi connectivity index (χ1) is 11.1. The molecule has 2 N–H and O–H groups in total. The SMILES string of the molecule is COc1cc2nc(Cl)nc(Oc3ccccc3N)c2cc1OC. The average Bonchev–Trinajstić information content (AvgIpc) is 2.55. The molecule has 3 aromatic rings. The third kappa shape index (κ3) is 2.93. The second-order valence-corrected chi connectivity index (χ2v) is 5.00. The van der Waals surface area contributed by atoms with Gasteiger partial charge < -0.3 is 19.9 Å². The molecule has 0 aliphatic rings. The molecule has 0 radical (unpaired) electrons. The Kier molecular flexibility index (Phi) is 4.08. The van der Waals surface area contributed by atoms with E-state index in [0.29, 0.717) is 39.7 Å². The van der Waals surface area contributed by atoms with Crippen LogP contribution in [0, 0.1) is 0 Å². The molecule has 0 fully saturated rings. The van der Waals surface area contributed by atoms with Gasteiger partial charge in [0.15, 0.2) is 17.2 Å². The van der Waals surface area contributed by atoms with E-state index < -0.39 is 0 Å². The average molecular weight is 332 g/mol. The van der Waals surface area contributed by atoms with Crippen LogP contribution in [-0.4, -0.2) is 24.2 Å². The molecule has 3 rings (SSSR count). The van der Waals surface area contributed by atoms with Crippen LogP contribution in [0.4, 0.5) is 5.69 Å². The van der Waals surface area contributed by atoms with Crippen molar-refractivity contribution >= 4 is 28.2 Å². The first-order valence-electron chi connectivity index (χ1n) is 6.74. The summed E-state index contributed by atoms with van der Waals surface area (Å²) in [4.78, 5) is 8.34. The highest BCUT2D eigenvalue weighted by molar-refractivity contribution is 6.28. The maximum Gasteiger partial charge on any atom is 0.231 e. The van der Waals surface area contributed by atoms with Crippen molar-refractivity contribution in [3.05, 3.63) is 41.7 Å². The fourth-order valence-electron chi connectivity index (χ4n) is 2.16. The number of hydrogen-bond donors (Lipinski definition) is 1. The van der Waals surface area contributed by atoms with Crippen molar-refractivity contribution in [1.29, 1.82) is 0 Å². The molecule has 118 valence electrons. The number of nitrogen functional groups attached to an aromatic ring is 1. The maximum atomic E-state index is 5.99. The van der Waals surface area contributed by atoms with E-state index >= 15 is 0 Å². The molecule has 2 aromatic carbocycles. The quantitative estimate of drug-likeness (QED) is 0.580. The van der Waals surface area contributed by atoms with E-state index in [1.54, 1.807) is 38.5 Å². The lowest BCUT2D eigenvalue weighted by Gasteiger charge is -2.12. The lowest BCUT2D eigenvalue weighted by Crippen LogP contribution is -1.97. The van der Waals surface area contributed by atoms with E-state index in [-0.39, 0.29) is 5.28 Å². The van der Waals surface area contributed by atoms with Crippen molar-refractivity contribution in [3.8, 4) is 23.1 Å². The molecule has 6 nitrogen and oxygen atoms in total. The Labute approximate surface area is 137 Å². The number of aromatic nitrogens is 2. The number of anilines is 1. The molecule has 7 heteroatoms. The highest BCUT2D eigenvalue weighted by Gasteiger charge is 2.15. The summed E-state index contributed by atoms with van der Waals surface area (Å²) in [5, 5.41) is 0.699. The molecule has 0 unspecified atom stereocenters. The lowest BCUT2D eigenvalue weighted by molar-refractivity contribution is 0.355. The minimum atomic E-state index is 0.0641. The van der Waals surface area contributed by atoms with Crippen LogP contribution in [-0.2, 0) is 0 Å². The van der Waals surface area contributed by atoms with Crippen LogP contribution in [0.15, 0.2) is 36.4 Å². The predicted molar refractivity (Wildman–Crippen MR) is 88.6 cm³/mol. The summed E-state index contributed by atoms with van der Waals surface area (Å²) in [5.41, 5.74) is 6.98. The first-order valence-corrected chi connectivity index (χ1v) is 7.12. The number of rotatable bonds is 4. The molecule has 0 aliphatic carbocycles. The third-order valence-corrected chi connectivity index (χ3v) is 3.43. The highest BCUT2D eigenvalue weighted by atomic mass is 35.5. The summed E-state index contributed by atoms with van der Waals surface area (Å²) in [6, 6.07) is 10.6. The minimum Gasteiger partial charge on any atom is -0.493 e. The number of para-hydroxylation sites is 2. The standard InChI is InChI=1S/C16H14ClN3O3/c1-21-13-7-9-11(8-14(13)22-2)19-16(17)20-15(9)23-12-6-4-3-5-10(12)18/h3-8H,18H2,1-2H3. The van der Waals surface area contributed by atoms with Gasteiger partial charge in [-0.15, -0.1) is 0 Å². The Hall–Kier alpha value is -2.73. The fourth-order valence-corrected chi connectivity index (χ4v) is 2.32. The fraction of sp³-hybridized carbons (Fsp3) is 0.125. The van der Waals surface area contributed by atoms with Gasteiger partial charge in [-0.3, -0.25) is 0 Å². The van der Waals surface area contributed by atoms with Gasteiger partial charge in [0.05, 0.1) is 30.8 Å². The normalized spacial score (nSPS) is 10.6. The number of nitrogens with zero attached hydrogens (tertiary/aromatic N) is 2. The van der Waals surface area contributed by atoms with Gasteiger partial charge in [0.25, 0.3) is 0 Å². The van der Waals surface area contributed by atoms with Gasteiger partial charge in [0.2, 0.25) is 11.2 Å². The summed E-state index contributed by atoms with van der Waals surface area (Å²) in [6.07, 6.45) is 0. The van der Waals surface area contributed by atoms with Crippen molar-refractivity contribution in [2.24, 2.45) is 0 Å². The molecular formula is C16H14ClN3O3. The molecule has 0 aliphatic heterocycles. The number of halogens is 1. The Morgan fingerprint density at radius 1 is 0.957 bits per heavy atom. The van der Waals surface area contributed by atoms with E-state index in [4.69, 9.17) is 31.5 Å². The molecule has 23 heavy (non-hydrogen) atoms. The van der Waals surface area contributed by atoms with Gasteiger partial charge in [0, 0.05) is 6.07 Å². The summed E-state index contributed by atoms with van der Waals surface area (Å²) < 4.78 is 16.4. The molecule has 0 spiro atoms. The van der Waals surface area contributed by atoms with Gasteiger partial charge in [0.1, 0.15) is 0 Å². The van der Waals surface area contributed by atoms with Crippen LogP contribution in [0.5, 0.6) is 23.1 Å². The largest absolute Gasteiger partial charge is 0.493 e. The zero-order valence-corrected chi connectivity index (χ0v) is 13.3. The molecule has 0 atom stereocenters. The molecule has 1 aromatic heterocycles. The third-order valence-electron chi connectivity index (χ3n) is 3.26. The van der Waals surface area contributed by atoms with Gasteiger partial charge in [-0.25, -0.2) is 4.98 Å². The van der Waals surface area contributed by atoms with Crippen molar-refractivity contribution in [3.63, 3.8) is 0 Å². The van der Waals surface area contributed by atoms with E-state index in [2.05, 4.69) is 9.97 Å². The van der Waals surface area contributed by atoms with Crippen molar-refractivity contribution < 1.29 is 14.2 Å². The summed E-state index contributed by atoms with van der Waals surface area (Å²) in [7, 11) is 3.10. The summed E-state index contributed by atoms with van der Waals surface area (Å²) in [5.74, 6) is 1.86. The van der Waals surface area contributed by atoms with E-state index in [1.807, 2.05) is 12.1 Å². The highest BCUT2D eigenvalue weighted by Crippen LogP contribution is 2.37. The van der Waals surface area contributed by atoms with Crippen molar-refractivity contribution in [2.45, 2.75) is 0 Å². The van der Waals surface area contributed by atoms with Gasteiger partial charge >= 0.3 is 0 Å². The van der Waals surface area contributed by atoms with E-state index in [1.165, 1.54) is 0 Å². The van der Waals surface area contributed by atoms with E-state index in [0.717, 1.165) is 0 Å². The van der Waals surface area contributed by atoms with Crippen LogP contribution < -0.4 is 19.9 Å². The van der Waals surface area contributed by atoms with Crippen LogP contribution in [0.2, 0.25) is 5.28 Å². The Balaban J connectivity index is 2.17. The first kappa shape index (κ1) is 15.2. The Morgan fingerprint density at radius 3 is 2.35 bits per heavy atom. The van der Waals surface area contributed by atoms with Gasteiger partial charge in [-0.2, -0.15) is 4.98 Å². The molecule has 1 heterocycles. The number of methoxy groups -OCH3 is 2. The molecular weight excluding hydrogens is 318 g/mol. The maximum absolute atomic E-state index is 5.99. The smallest absolute Gasteiger partial charge is 0.231 e. The lowest BCUT2D eigenvalue weighted by atomic mass is 10.2. The predicted octanol–water partition coefficient (Wildman–Crippen LogP) is 3.67. The Morgan fingerprint density at radius 2 is 1.65 bits per heavy atom.